The standard InChI is InChI=1S/C20H20ClN3O2/c21-15-7-1-2-8-16(15)22-12-19(25)24-11-5-6-14(13-24)20-23-17-9-3-4-10-18(17)26-20/h1-4,7-10,14,22H,5-6,11-13H2/t14-/m0/s1. The van der Waals surface area contributed by atoms with Crippen LogP contribution in [0.4, 0.5) is 5.69 Å². The minimum Gasteiger partial charge on any atom is -0.440 e. The zero-order chi connectivity index (χ0) is 17.9. The maximum absolute atomic E-state index is 12.6. The molecule has 5 nitrogen and oxygen atoms in total. The number of nitrogens with zero attached hydrogens (tertiary/aromatic N) is 2. The Morgan fingerprint density at radius 1 is 1.23 bits per heavy atom. The number of aromatic nitrogens is 1. The van der Waals surface area contributed by atoms with Crippen LogP contribution in [0.3, 0.4) is 0 Å². The van der Waals surface area contributed by atoms with E-state index in [0.717, 1.165) is 42.1 Å². The number of para-hydroxylation sites is 3. The summed E-state index contributed by atoms with van der Waals surface area (Å²) in [6, 6.07) is 15.2. The molecule has 6 heteroatoms. The molecule has 0 aliphatic carbocycles. The first-order valence-corrected chi connectivity index (χ1v) is 9.20. The van der Waals surface area contributed by atoms with E-state index in [4.69, 9.17) is 16.0 Å². The highest BCUT2D eigenvalue weighted by atomic mass is 35.5. The van der Waals surface area contributed by atoms with Crippen LogP contribution < -0.4 is 5.32 Å². The molecule has 1 fully saturated rings. The van der Waals surface area contributed by atoms with E-state index in [0.29, 0.717) is 11.6 Å². The number of fused-ring (bicyclic) bond motifs is 1. The Kier molecular flexibility index (Phi) is 4.80. The summed E-state index contributed by atoms with van der Waals surface area (Å²) in [5.41, 5.74) is 2.44. The van der Waals surface area contributed by atoms with Crippen LogP contribution >= 0.6 is 11.6 Å². The average molecular weight is 370 g/mol. The predicted molar refractivity (Wildman–Crippen MR) is 103 cm³/mol. The summed E-state index contributed by atoms with van der Waals surface area (Å²) in [5.74, 6) is 0.925. The highest BCUT2D eigenvalue weighted by Crippen LogP contribution is 2.29. The fourth-order valence-corrected chi connectivity index (χ4v) is 3.56. The number of halogens is 1. The molecule has 3 aromatic rings. The van der Waals surface area contributed by atoms with Gasteiger partial charge in [0.15, 0.2) is 11.5 Å². The van der Waals surface area contributed by atoms with E-state index in [1.807, 2.05) is 47.4 Å². The van der Waals surface area contributed by atoms with Gasteiger partial charge in [0.05, 0.1) is 23.2 Å². The van der Waals surface area contributed by atoms with Crippen molar-refractivity contribution in [3.63, 3.8) is 0 Å². The second kappa shape index (κ2) is 7.38. The van der Waals surface area contributed by atoms with E-state index in [2.05, 4.69) is 10.3 Å². The van der Waals surface area contributed by atoms with Crippen molar-refractivity contribution in [2.75, 3.05) is 25.0 Å². The van der Waals surface area contributed by atoms with Gasteiger partial charge in [0, 0.05) is 13.1 Å². The van der Waals surface area contributed by atoms with E-state index < -0.39 is 0 Å². The number of hydrogen-bond donors (Lipinski definition) is 1. The van der Waals surface area contributed by atoms with Crippen molar-refractivity contribution in [2.24, 2.45) is 0 Å². The number of amides is 1. The molecule has 26 heavy (non-hydrogen) atoms. The van der Waals surface area contributed by atoms with Crippen LogP contribution in [0.2, 0.25) is 5.02 Å². The highest BCUT2D eigenvalue weighted by molar-refractivity contribution is 6.33. The Balaban J connectivity index is 1.41. The van der Waals surface area contributed by atoms with E-state index in [1.54, 1.807) is 6.07 Å². The van der Waals surface area contributed by atoms with Gasteiger partial charge in [0.2, 0.25) is 5.91 Å². The van der Waals surface area contributed by atoms with Crippen molar-refractivity contribution < 1.29 is 9.21 Å². The van der Waals surface area contributed by atoms with Gasteiger partial charge in [-0.1, -0.05) is 35.9 Å². The van der Waals surface area contributed by atoms with Crippen molar-refractivity contribution in [1.29, 1.82) is 0 Å². The SMILES string of the molecule is O=C(CNc1ccccc1Cl)N1CCC[C@H](c2nc3ccccc3o2)C1. The summed E-state index contributed by atoms with van der Waals surface area (Å²) in [4.78, 5) is 19.1. The zero-order valence-electron chi connectivity index (χ0n) is 14.3. The molecular formula is C20H20ClN3O2. The molecule has 1 aromatic heterocycles. The number of rotatable bonds is 4. The molecule has 1 atom stereocenters. The quantitative estimate of drug-likeness (QED) is 0.744. The number of oxazole rings is 1. The second-order valence-electron chi connectivity index (χ2n) is 6.53. The lowest BCUT2D eigenvalue weighted by molar-refractivity contribution is -0.130. The largest absolute Gasteiger partial charge is 0.440 e. The lowest BCUT2D eigenvalue weighted by atomic mass is 9.98. The minimum absolute atomic E-state index is 0.0609. The number of hydrogen-bond acceptors (Lipinski definition) is 4. The summed E-state index contributed by atoms with van der Waals surface area (Å²) in [5, 5.41) is 3.74. The molecule has 1 saturated heterocycles. The normalized spacial score (nSPS) is 17.4. The smallest absolute Gasteiger partial charge is 0.241 e. The van der Waals surface area contributed by atoms with Gasteiger partial charge in [-0.05, 0) is 37.1 Å². The molecule has 0 unspecified atom stereocenters. The van der Waals surface area contributed by atoms with E-state index >= 15 is 0 Å². The van der Waals surface area contributed by atoms with E-state index in [-0.39, 0.29) is 18.4 Å². The third-order valence-corrected chi connectivity index (χ3v) is 5.07. The Morgan fingerprint density at radius 3 is 2.88 bits per heavy atom. The van der Waals surface area contributed by atoms with E-state index in [1.165, 1.54) is 0 Å². The predicted octanol–water partition coefficient (Wildman–Crippen LogP) is 4.30. The van der Waals surface area contributed by atoms with Crippen molar-refractivity contribution in [3.8, 4) is 0 Å². The molecule has 2 aromatic carbocycles. The van der Waals surface area contributed by atoms with Gasteiger partial charge < -0.3 is 14.6 Å². The molecule has 1 N–H and O–H groups in total. The Bertz CT molecular complexity index is 891. The van der Waals surface area contributed by atoms with Crippen LogP contribution in [0.5, 0.6) is 0 Å². The number of benzene rings is 2. The minimum atomic E-state index is 0.0609. The third kappa shape index (κ3) is 3.53. The van der Waals surface area contributed by atoms with Crippen molar-refractivity contribution in [3.05, 3.63) is 59.4 Å². The number of likely N-dealkylation sites (tertiary alicyclic amines) is 1. The van der Waals surface area contributed by atoms with Crippen molar-refractivity contribution in [1.82, 2.24) is 9.88 Å². The van der Waals surface area contributed by atoms with Crippen molar-refractivity contribution in [2.45, 2.75) is 18.8 Å². The molecule has 1 aliphatic rings. The first-order valence-electron chi connectivity index (χ1n) is 8.82. The maximum atomic E-state index is 12.6. The Hall–Kier alpha value is -2.53. The fraction of sp³-hybridized carbons (Fsp3) is 0.300. The first kappa shape index (κ1) is 16.9. The summed E-state index contributed by atoms with van der Waals surface area (Å²) < 4.78 is 5.90. The van der Waals surface area contributed by atoms with Gasteiger partial charge in [0.25, 0.3) is 0 Å². The monoisotopic (exact) mass is 369 g/mol. The molecule has 2 heterocycles. The molecule has 0 spiro atoms. The third-order valence-electron chi connectivity index (χ3n) is 4.74. The van der Waals surface area contributed by atoms with Gasteiger partial charge in [-0.15, -0.1) is 0 Å². The molecule has 134 valence electrons. The lowest BCUT2D eigenvalue weighted by Crippen LogP contribution is -2.42. The van der Waals surface area contributed by atoms with Crippen molar-refractivity contribution >= 4 is 34.3 Å². The second-order valence-corrected chi connectivity index (χ2v) is 6.94. The van der Waals surface area contributed by atoms with Crippen LogP contribution in [-0.2, 0) is 4.79 Å². The molecule has 0 radical (unpaired) electrons. The van der Waals surface area contributed by atoms with Crippen LogP contribution in [0, 0.1) is 0 Å². The molecule has 1 aliphatic heterocycles. The summed E-state index contributed by atoms with van der Waals surface area (Å²) >= 11 is 6.13. The van der Waals surface area contributed by atoms with E-state index in [9.17, 15) is 4.79 Å². The van der Waals surface area contributed by atoms with Crippen LogP contribution in [0.1, 0.15) is 24.7 Å². The number of carbonyl (C=O) groups excluding carboxylic acids is 1. The van der Waals surface area contributed by atoms with Gasteiger partial charge >= 0.3 is 0 Å². The van der Waals surface area contributed by atoms with Gasteiger partial charge in [-0.3, -0.25) is 4.79 Å². The highest BCUT2D eigenvalue weighted by Gasteiger charge is 2.28. The Labute approximate surface area is 157 Å². The van der Waals surface area contributed by atoms with Gasteiger partial charge in [-0.25, -0.2) is 4.98 Å². The summed E-state index contributed by atoms with van der Waals surface area (Å²) in [7, 11) is 0. The number of anilines is 1. The summed E-state index contributed by atoms with van der Waals surface area (Å²) in [6.45, 7) is 1.62. The topological polar surface area (TPSA) is 58.4 Å². The zero-order valence-corrected chi connectivity index (χ0v) is 15.1. The summed E-state index contributed by atoms with van der Waals surface area (Å²) in [6.07, 6.45) is 1.93. The molecule has 4 rings (SSSR count). The van der Waals surface area contributed by atoms with Crippen LogP contribution in [0.25, 0.3) is 11.1 Å². The fourth-order valence-electron chi connectivity index (χ4n) is 3.36. The average Bonchev–Trinajstić information content (AvgIpc) is 3.11. The first-order chi connectivity index (χ1) is 12.7. The number of carbonyl (C=O) groups is 1. The Morgan fingerprint density at radius 2 is 2.04 bits per heavy atom. The van der Waals surface area contributed by atoms with Gasteiger partial charge in [-0.2, -0.15) is 0 Å². The maximum Gasteiger partial charge on any atom is 0.241 e. The van der Waals surface area contributed by atoms with Crippen LogP contribution in [0.15, 0.2) is 52.9 Å². The molecular weight excluding hydrogens is 350 g/mol. The molecule has 0 saturated carbocycles. The number of nitrogens with one attached hydrogen (secondary N) is 1. The lowest BCUT2D eigenvalue weighted by Gasteiger charge is -2.31. The van der Waals surface area contributed by atoms with Gasteiger partial charge in [0.1, 0.15) is 5.52 Å². The molecule has 1 amide bonds. The number of piperidine rings is 1. The van der Waals surface area contributed by atoms with Crippen LogP contribution in [-0.4, -0.2) is 35.4 Å². The molecule has 0 bridgehead atoms.